The minimum Gasteiger partial charge on any atom is -0.495 e. The fourth-order valence-electron chi connectivity index (χ4n) is 1.72. The first-order valence-electron chi connectivity index (χ1n) is 5.55. The Labute approximate surface area is 98.6 Å². The average molecular weight is 231 g/mol. The zero-order valence-electron chi connectivity index (χ0n) is 9.51. The smallest absolute Gasteiger partial charge is 0.230 e. The van der Waals surface area contributed by atoms with Crippen LogP contribution in [0.15, 0.2) is 22.7 Å². The van der Waals surface area contributed by atoms with Crippen LogP contribution in [0.5, 0.6) is 5.75 Å². The Kier molecular flexibility index (Phi) is 2.24. The normalized spacial score (nSPS) is 14.9. The molecule has 1 heterocycles. The minimum atomic E-state index is 0.465. The van der Waals surface area contributed by atoms with E-state index in [1.807, 2.05) is 6.07 Å². The van der Waals surface area contributed by atoms with Crippen LogP contribution < -0.4 is 10.5 Å². The number of methoxy groups -OCH3 is 1. The third kappa shape index (κ3) is 1.84. The summed E-state index contributed by atoms with van der Waals surface area (Å²) >= 11 is 0. The molecule has 0 aliphatic heterocycles. The SMILES string of the molecule is COc1ccc(-c2noc(C3CC3)n2)cc1N. The van der Waals surface area contributed by atoms with Crippen LogP contribution in [0.2, 0.25) is 0 Å². The molecule has 17 heavy (non-hydrogen) atoms. The Bertz CT molecular complexity index is 546. The number of benzene rings is 1. The number of ether oxygens (including phenoxy) is 1. The number of nitrogens with zero attached hydrogens (tertiary/aromatic N) is 2. The first-order valence-corrected chi connectivity index (χ1v) is 5.55. The lowest BCUT2D eigenvalue weighted by molar-refractivity contribution is 0.380. The standard InChI is InChI=1S/C12H13N3O2/c1-16-10-5-4-8(6-9(10)13)11-14-12(17-15-11)7-2-3-7/h4-7H,2-3,13H2,1H3. The van der Waals surface area contributed by atoms with E-state index < -0.39 is 0 Å². The maximum atomic E-state index is 5.84. The highest BCUT2D eigenvalue weighted by Crippen LogP contribution is 2.39. The average Bonchev–Trinajstić information content (AvgIpc) is 3.07. The summed E-state index contributed by atoms with van der Waals surface area (Å²) in [4.78, 5) is 4.36. The van der Waals surface area contributed by atoms with Crippen LogP contribution in [0.3, 0.4) is 0 Å². The molecule has 1 fully saturated rings. The lowest BCUT2D eigenvalue weighted by Crippen LogP contribution is -1.93. The molecule has 1 aliphatic rings. The van der Waals surface area contributed by atoms with Crippen molar-refractivity contribution >= 4 is 5.69 Å². The van der Waals surface area contributed by atoms with Crippen molar-refractivity contribution in [1.29, 1.82) is 0 Å². The molecule has 2 aromatic rings. The molecule has 88 valence electrons. The molecule has 5 nitrogen and oxygen atoms in total. The van der Waals surface area contributed by atoms with Crippen molar-refractivity contribution in [3.63, 3.8) is 0 Å². The Morgan fingerprint density at radius 1 is 1.41 bits per heavy atom. The molecule has 0 unspecified atom stereocenters. The van der Waals surface area contributed by atoms with Gasteiger partial charge in [-0.1, -0.05) is 5.16 Å². The van der Waals surface area contributed by atoms with Gasteiger partial charge in [-0.3, -0.25) is 0 Å². The summed E-state index contributed by atoms with van der Waals surface area (Å²) in [6, 6.07) is 5.47. The van der Waals surface area contributed by atoms with Crippen molar-refractivity contribution in [3.8, 4) is 17.1 Å². The Morgan fingerprint density at radius 2 is 2.24 bits per heavy atom. The summed E-state index contributed by atoms with van der Waals surface area (Å²) in [6.07, 6.45) is 2.29. The maximum Gasteiger partial charge on any atom is 0.230 e. The zero-order chi connectivity index (χ0) is 11.8. The highest BCUT2D eigenvalue weighted by Gasteiger charge is 2.29. The molecular formula is C12H13N3O2. The van der Waals surface area contributed by atoms with E-state index >= 15 is 0 Å². The molecule has 1 aromatic heterocycles. The molecule has 1 saturated carbocycles. The van der Waals surface area contributed by atoms with Crippen molar-refractivity contribution in [1.82, 2.24) is 10.1 Å². The van der Waals surface area contributed by atoms with Crippen LogP contribution in [-0.2, 0) is 0 Å². The molecule has 3 rings (SSSR count). The molecule has 0 bridgehead atoms. The van der Waals surface area contributed by atoms with Crippen molar-refractivity contribution in [2.75, 3.05) is 12.8 Å². The Morgan fingerprint density at radius 3 is 2.88 bits per heavy atom. The fourth-order valence-corrected chi connectivity index (χ4v) is 1.72. The molecule has 0 saturated heterocycles. The first kappa shape index (κ1) is 10.1. The van der Waals surface area contributed by atoms with Gasteiger partial charge >= 0.3 is 0 Å². The minimum absolute atomic E-state index is 0.465. The van der Waals surface area contributed by atoms with E-state index in [1.165, 1.54) is 0 Å². The molecule has 1 aliphatic carbocycles. The van der Waals surface area contributed by atoms with Crippen LogP contribution in [0.4, 0.5) is 5.69 Å². The summed E-state index contributed by atoms with van der Waals surface area (Å²) in [6.45, 7) is 0. The fraction of sp³-hybridized carbons (Fsp3) is 0.333. The lowest BCUT2D eigenvalue weighted by Gasteiger charge is -2.04. The van der Waals surface area contributed by atoms with Crippen molar-refractivity contribution < 1.29 is 9.26 Å². The number of hydrogen-bond donors (Lipinski definition) is 1. The van der Waals surface area contributed by atoms with E-state index in [-0.39, 0.29) is 0 Å². The van der Waals surface area contributed by atoms with Crippen LogP contribution in [0, 0.1) is 0 Å². The summed E-state index contributed by atoms with van der Waals surface area (Å²) < 4.78 is 10.3. The summed E-state index contributed by atoms with van der Waals surface area (Å²) in [7, 11) is 1.59. The van der Waals surface area contributed by atoms with Crippen molar-refractivity contribution in [2.24, 2.45) is 0 Å². The lowest BCUT2D eigenvalue weighted by atomic mass is 10.2. The van der Waals surface area contributed by atoms with Gasteiger partial charge < -0.3 is 15.0 Å². The van der Waals surface area contributed by atoms with Crippen LogP contribution in [0.25, 0.3) is 11.4 Å². The van der Waals surface area contributed by atoms with Crippen LogP contribution in [0.1, 0.15) is 24.7 Å². The number of anilines is 1. The first-order chi connectivity index (χ1) is 8.28. The van der Waals surface area contributed by atoms with E-state index in [9.17, 15) is 0 Å². The van der Waals surface area contributed by atoms with E-state index in [2.05, 4.69) is 10.1 Å². The number of aromatic nitrogens is 2. The van der Waals surface area contributed by atoms with Gasteiger partial charge in [0.2, 0.25) is 11.7 Å². The molecule has 1 aromatic carbocycles. The van der Waals surface area contributed by atoms with Gasteiger partial charge in [0.1, 0.15) is 5.75 Å². The highest BCUT2D eigenvalue weighted by molar-refractivity contribution is 5.66. The molecule has 0 amide bonds. The molecule has 0 radical (unpaired) electrons. The van der Waals surface area contributed by atoms with Gasteiger partial charge in [0.15, 0.2) is 0 Å². The number of nitrogen functional groups attached to an aromatic ring is 1. The monoisotopic (exact) mass is 231 g/mol. The van der Waals surface area contributed by atoms with Gasteiger partial charge in [-0.15, -0.1) is 0 Å². The third-order valence-electron chi connectivity index (χ3n) is 2.86. The van der Waals surface area contributed by atoms with Crippen LogP contribution in [-0.4, -0.2) is 17.3 Å². The largest absolute Gasteiger partial charge is 0.495 e. The second-order valence-corrected chi connectivity index (χ2v) is 4.19. The van der Waals surface area contributed by atoms with Gasteiger partial charge in [0, 0.05) is 11.5 Å². The maximum absolute atomic E-state index is 5.84. The highest BCUT2D eigenvalue weighted by atomic mass is 16.5. The van der Waals surface area contributed by atoms with Crippen LogP contribution >= 0.6 is 0 Å². The second kappa shape index (κ2) is 3.76. The second-order valence-electron chi connectivity index (χ2n) is 4.19. The molecule has 5 heteroatoms. The van der Waals surface area contributed by atoms with E-state index in [0.717, 1.165) is 24.3 Å². The summed E-state index contributed by atoms with van der Waals surface area (Å²) in [5, 5.41) is 3.96. The third-order valence-corrected chi connectivity index (χ3v) is 2.86. The van der Waals surface area contributed by atoms with Crippen molar-refractivity contribution in [2.45, 2.75) is 18.8 Å². The van der Waals surface area contributed by atoms with Gasteiger partial charge in [0.05, 0.1) is 12.8 Å². The van der Waals surface area contributed by atoms with E-state index in [0.29, 0.717) is 23.2 Å². The van der Waals surface area contributed by atoms with Gasteiger partial charge in [0.25, 0.3) is 0 Å². The predicted octanol–water partition coefficient (Wildman–Crippen LogP) is 2.20. The van der Waals surface area contributed by atoms with E-state index in [1.54, 1.807) is 19.2 Å². The number of nitrogens with two attached hydrogens (primary N) is 1. The molecular weight excluding hydrogens is 218 g/mol. The Hall–Kier alpha value is -2.04. The zero-order valence-corrected chi connectivity index (χ0v) is 9.51. The quantitative estimate of drug-likeness (QED) is 0.820. The predicted molar refractivity (Wildman–Crippen MR) is 62.7 cm³/mol. The summed E-state index contributed by atoms with van der Waals surface area (Å²) in [5.41, 5.74) is 7.26. The molecule has 0 atom stereocenters. The topological polar surface area (TPSA) is 74.2 Å². The van der Waals surface area contributed by atoms with E-state index in [4.69, 9.17) is 15.0 Å². The van der Waals surface area contributed by atoms with Crippen molar-refractivity contribution in [3.05, 3.63) is 24.1 Å². The Balaban J connectivity index is 1.93. The number of rotatable bonds is 3. The molecule has 2 N–H and O–H groups in total. The van der Waals surface area contributed by atoms with Gasteiger partial charge in [-0.05, 0) is 31.0 Å². The number of hydrogen-bond acceptors (Lipinski definition) is 5. The molecule has 0 spiro atoms. The van der Waals surface area contributed by atoms with Gasteiger partial charge in [-0.2, -0.15) is 4.98 Å². The summed E-state index contributed by atoms with van der Waals surface area (Å²) in [5.74, 6) is 2.43. The van der Waals surface area contributed by atoms with Gasteiger partial charge in [-0.25, -0.2) is 0 Å².